The van der Waals surface area contributed by atoms with Crippen LogP contribution >= 0.6 is 11.3 Å². The number of hydrogen-bond donors (Lipinski definition) is 1. The van der Waals surface area contributed by atoms with Crippen molar-refractivity contribution in [3.05, 3.63) is 22.4 Å². The van der Waals surface area contributed by atoms with Gasteiger partial charge in [0.2, 0.25) is 5.91 Å². The van der Waals surface area contributed by atoms with Crippen molar-refractivity contribution in [1.29, 1.82) is 0 Å². The van der Waals surface area contributed by atoms with E-state index in [1.165, 1.54) is 4.88 Å². The summed E-state index contributed by atoms with van der Waals surface area (Å²) in [5.74, 6) is -0.495. The fourth-order valence-corrected chi connectivity index (χ4v) is 3.60. The van der Waals surface area contributed by atoms with Crippen LogP contribution in [0, 0.1) is 0 Å². The van der Waals surface area contributed by atoms with Gasteiger partial charge in [0.25, 0.3) is 5.91 Å². The molecule has 4 amide bonds. The van der Waals surface area contributed by atoms with Crippen molar-refractivity contribution in [3.63, 3.8) is 0 Å². The second-order valence-corrected chi connectivity index (χ2v) is 6.76. The third kappa shape index (κ3) is 3.89. The smallest absolute Gasteiger partial charge is 0.325 e. The lowest BCUT2D eigenvalue weighted by Crippen LogP contribution is -2.44. The Labute approximate surface area is 138 Å². The van der Waals surface area contributed by atoms with E-state index in [1.54, 1.807) is 16.2 Å². The number of rotatable bonds is 4. The Morgan fingerprint density at radius 2 is 2.09 bits per heavy atom. The Morgan fingerprint density at radius 3 is 2.78 bits per heavy atom. The summed E-state index contributed by atoms with van der Waals surface area (Å²) in [5.41, 5.74) is 0. The fraction of sp³-hybridized carbons (Fsp3) is 0.533. The first-order valence-electron chi connectivity index (χ1n) is 7.74. The fourth-order valence-electron chi connectivity index (χ4n) is 2.85. The van der Waals surface area contributed by atoms with E-state index >= 15 is 0 Å². The van der Waals surface area contributed by atoms with Gasteiger partial charge in [-0.1, -0.05) is 6.07 Å². The average Bonchev–Trinajstić information content (AvgIpc) is 3.07. The zero-order valence-corrected chi connectivity index (χ0v) is 13.7. The van der Waals surface area contributed by atoms with Crippen molar-refractivity contribution < 1.29 is 14.4 Å². The van der Waals surface area contributed by atoms with Crippen molar-refractivity contribution in [2.45, 2.75) is 13.0 Å². The van der Waals surface area contributed by atoms with E-state index in [9.17, 15) is 14.4 Å². The maximum absolute atomic E-state index is 12.4. The molecule has 2 fully saturated rings. The second kappa shape index (κ2) is 7.10. The van der Waals surface area contributed by atoms with Gasteiger partial charge in [0.15, 0.2) is 0 Å². The van der Waals surface area contributed by atoms with Gasteiger partial charge in [-0.2, -0.15) is 0 Å². The Bertz CT molecular complexity index is 574. The van der Waals surface area contributed by atoms with Crippen LogP contribution in [0.1, 0.15) is 11.3 Å². The first kappa shape index (κ1) is 15.9. The van der Waals surface area contributed by atoms with E-state index in [1.807, 2.05) is 6.07 Å². The molecule has 7 nitrogen and oxygen atoms in total. The molecule has 1 aromatic rings. The van der Waals surface area contributed by atoms with Crippen molar-refractivity contribution in [2.24, 2.45) is 0 Å². The normalized spacial score (nSPS) is 19.8. The number of hydrogen-bond acceptors (Lipinski definition) is 5. The number of carbonyl (C=O) groups is 3. The van der Waals surface area contributed by atoms with E-state index in [4.69, 9.17) is 0 Å². The lowest BCUT2D eigenvalue weighted by atomic mass is 10.3. The highest BCUT2D eigenvalue weighted by atomic mass is 32.1. The van der Waals surface area contributed by atoms with E-state index in [0.717, 1.165) is 31.0 Å². The number of amides is 4. The third-order valence-electron chi connectivity index (χ3n) is 4.13. The molecule has 0 aromatic carbocycles. The SMILES string of the molecule is O=C(CN1C(=O)CNC1=O)N1CCCN(Cc2cccs2)CC1. The minimum atomic E-state index is -0.475. The Balaban J connectivity index is 1.52. The highest BCUT2D eigenvalue weighted by molar-refractivity contribution is 7.09. The molecule has 8 heteroatoms. The van der Waals surface area contributed by atoms with Gasteiger partial charge < -0.3 is 10.2 Å². The molecule has 124 valence electrons. The van der Waals surface area contributed by atoms with Gasteiger partial charge >= 0.3 is 6.03 Å². The van der Waals surface area contributed by atoms with Crippen LogP contribution in [0.5, 0.6) is 0 Å². The highest BCUT2D eigenvalue weighted by Gasteiger charge is 2.32. The predicted molar refractivity (Wildman–Crippen MR) is 85.9 cm³/mol. The molecule has 1 aromatic heterocycles. The number of imide groups is 1. The van der Waals surface area contributed by atoms with Crippen LogP contribution in [0.15, 0.2) is 17.5 Å². The summed E-state index contributed by atoms with van der Waals surface area (Å²) < 4.78 is 0. The van der Waals surface area contributed by atoms with Crippen LogP contribution in [0.4, 0.5) is 4.79 Å². The molecule has 3 rings (SSSR count). The van der Waals surface area contributed by atoms with Gasteiger partial charge in [-0.05, 0) is 17.9 Å². The molecule has 23 heavy (non-hydrogen) atoms. The summed E-state index contributed by atoms with van der Waals surface area (Å²) in [6.07, 6.45) is 0.900. The van der Waals surface area contributed by atoms with Crippen LogP contribution in [0.3, 0.4) is 0 Å². The lowest BCUT2D eigenvalue weighted by Gasteiger charge is -2.23. The molecule has 0 spiro atoms. The molecule has 0 unspecified atom stereocenters. The number of urea groups is 1. The minimum Gasteiger partial charge on any atom is -0.340 e. The molecule has 3 heterocycles. The Kier molecular flexibility index (Phi) is 4.92. The molecule has 0 atom stereocenters. The minimum absolute atomic E-state index is 0.0132. The molecule has 0 saturated carbocycles. The van der Waals surface area contributed by atoms with Gasteiger partial charge in [-0.15, -0.1) is 11.3 Å². The van der Waals surface area contributed by atoms with E-state index in [2.05, 4.69) is 21.7 Å². The van der Waals surface area contributed by atoms with Crippen LogP contribution in [-0.2, 0) is 16.1 Å². The van der Waals surface area contributed by atoms with Crippen LogP contribution < -0.4 is 5.32 Å². The molecule has 2 aliphatic heterocycles. The number of thiophene rings is 1. The summed E-state index contributed by atoms with van der Waals surface area (Å²) in [4.78, 5) is 41.9. The zero-order valence-electron chi connectivity index (χ0n) is 12.9. The Morgan fingerprint density at radius 1 is 1.22 bits per heavy atom. The molecule has 0 radical (unpaired) electrons. The van der Waals surface area contributed by atoms with Crippen molar-refractivity contribution in [1.82, 2.24) is 20.0 Å². The van der Waals surface area contributed by atoms with E-state index < -0.39 is 6.03 Å². The zero-order chi connectivity index (χ0) is 16.2. The van der Waals surface area contributed by atoms with Crippen LogP contribution in [-0.4, -0.2) is 71.8 Å². The lowest BCUT2D eigenvalue weighted by molar-refractivity contribution is -0.136. The van der Waals surface area contributed by atoms with Gasteiger partial charge in [0.05, 0.1) is 6.54 Å². The molecule has 0 bridgehead atoms. The van der Waals surface area contributed by atoms with Crippen LogP contribution in [0.25, 0.3) is 0 Å². The summed E-state index contributed by atoms with van der Waals surface area (Å²) in [6.45, 7) is 3.80. The van der Waals surface area contributed by atoms with Crippen molar-refractivity contribution in [2.75, 3.05) is 39.3 Å². The Hall–Kier alpha value is -1.93. The molecule has 2 aliphatic rings. The van der Waals surface area contributed by atoms with Crippen molar-refractivity contribution >= 4 is 29.2 Å². The molecular weight excluding hydrogens is 316 g/mol. The van der Waals surface area contributed by atoms with Gasteiger partial charge in [0, 0.05) is 37.6 Å². The second-order valence-electron chi connectivity index (χ2n) is 5.73. The molecular formula is C15H20N4O3S. The maximum atomic E-state index is 12.4. The van der Waals surface area contributed by atoms with Gasteiger partial charge in [-0.25, -0.2) is 4.79 Å². The van der Waals surface area contributed by atoms with Crippen molar-refractivity contribution in [3.8, 4) is 0 Å². The summed E-state index contributed by atoms with van der Waals surface area (Å²) in [7, 11) is 0. The van der Waals surface area contributed by atoms with Gasteiger partial charge in [-0.3, -0.25) is 19.4 Å². The third-order valence-corrected chi connectivity index (χ3v) is 4.99. The first-order valence-corrected chi connectivity index (χ1v) is 8.62. The summed E-state index contributed by atoms with van der Waals surface area (Å²) in [5, 5.41) is 4.50. The summed E-state index contributed by atoms with van der Waals surface area (Å²) >= 11 is 1.74. The molecule has 2 saturated heterocycles. The number of nitrogens with zero attached hydrogens (tertiary/aromatic N) is 3. The standard InChI is InChI=1S/C15H20N4O3S/c20-13-9-16-15(22)19(13)11-14(21)18-5-2-4-17(6-7-18)10-12-3-1-8-23-12/h1,3,8H,2,4-7,9-11H2,(H,16,22). The topological polar surface area (TPSA) is 73.0 Å². The quantitative estimate of drug-likeness (QED) is 0.805. The highest BCUT2D eigenvalue weighted by Crippen LogP contribution is 2.14. The van der Waals surface area contributed by atoms with Gasteiger partial charge in [0.1, 0.15) is 6.54 Å². The average molecular weight is 336 g/mol. The summed E-state index contributed by atoms with van der Waals surface area (Å²) in [6, 6.07) is 3.69. The monoisotopic (exact) mass is 336 g/mol. The molecule has 0 aliphatic carbocycles. The van der Waals surface area contributed by atoms with Crippen LogP contribution in [0.2, 0.25) is 0 Å². The predicted octanol–water partition coefficient (Wildman–Crippen LogP) is 0.334. The number of carbonyl (C=O) groups excluding carboxylic acids is 3. The molecule has 1 N–H and O–H groups in total. The largest absolute Gasteiger partial charge is 0.340 e. The maximum Gasteiger partial charge on any atom is 0.325 e. The van der Waals surface area contributed by atoms with E-state index in [-0.39, 0.29) is 24.9 Å². The number of nitrogens with one attached hydrogen (secondary N) is 1. The first-order chi connectivity index (χ1) is 11.1. The van der Waals surface area contributed by atoms with E-state index in [0.29, 0.717) is 13.1 Å².